The van der Waals surface area contributed by atoms with Crippen molar-refractivity contribution in [2.24, 2.45) is 5.92 Å². The minimum absolute atomic E-state index is 0.140. The highest BCUT2D eigenvalue weighted by atomic mass is 32.2. The van der Waals surface area contributed by atoms with Gasteiger partial charge >= 0.3 is 0 Å². The predicted molar refractivity (Wildman–Crippen MR) is 131 cm³/mol. The van der Waals surface area contributed by atoms with Crippen molar-refractivity contribution in [1.29, 1.82) is 0 Å². The first-order chi connectivity index (χ1) is 16.3. The molecule has 1 fully saturated rings. The zero-order valence-corrected chi connectivity index (χ0v) is 20.5. The lowest BCUT2D eigenvalue weighted by Gasteiger charge is -2.29. The Labute approximate surface area is 201 Å². The molecule has 0 aliphatic carbocycles. The summed E-state index contributed by atoms with van der Waals surface area (Å²) < 4.78 is 32.8. The van der Waals surface area contributed by atoms with Crippen molar-refractivity contribution in [2.45, 2.75) is 37.5 Å². The van der Waals surface area contributed by atoms with Crippen LogP contribution in [0.25, 0.3) is 11.3 Å². The van der Waals surface area contributed by atoms with E-state index in [4.69, 9.17) is 4.52 Å². The summed E-state index contributed by atoms with van der Waals surface area (Å²) in [6.07, 6.45) is 3.15. The number of carbonyl (C=O) groups is 1. The van der Waals surface area contributed by atoms with E-state index in [1.807, 2.05) is 36.4 Å². The van der Waals surface area contributed by atoms with Crippen LogP contribution in [0.1, 0.15) is 42.3 Å². The average Bonchev–Trinajstić information content (AvgIpc) is 3.33. The van der Waals surface area contributed by atoms with Crippen molar-refractivity contribution in [3.63, 3.8) is 0 Å². The molecule has 7 nitrogen and oxygen atoms in total. The third kappa shape index (κ3) is 5.56. The van der Waals surface area contributed by atoms with Crippen molar-refractivity contribution >= 4 is 15.9 Å². The molecule has 0 atom stereocenters. The van der Waals surface area contributed by atoms with E-state index in [0.717, 1.165) is 36.3 Å². The molecule has 0 unspecified atom stereocenters. The Bertz CT molecular complexity index is 1200. The maximum Gasteiger partial charge on any atom is 0.253 e. The van der Waals surface area contributed by atoms with Gasteiger partial charge in [-0.25, -0.2) is 8.42 Å². The Morgan fingerprint density at radius 1 is 1.09 bits per heavy atom. The number of nitrogens with zero attached hydrogens (tertiary/aromatic N) is 3. The van der Waals surface area contributed by atoms with Gasteiger partial charge in [-0.1, -0.05) is 42.4 Å². The highest BCUT2D eigenvalue weighted by Crippen LogP contribution is 2.24. The summed E-state index contributed by atoms with van der Waals surface area (Å²) in [4.78, 5) is 14.7. The van der Waals surface area contributed by atoms with Gasteiger partial charge in [0.05, 0.1) is 4.90 Å². The van der Waals surface area contributed by atoms with E-state index < -0.39 is 10.0 Å². The number of carbonyl (C=O) groups excluding carboxylic acids is 1. The largest absolute Gasteiger partial charge is 0.361 e. The van der Waals surface area contributed by atoms with E-state index in [9.17, 15) is 13.2 Å². The lowest BCUT2D eigenvalue weighted by Crippen LogP contribution is -2.37. The summed E-state index contributed by atoms with van der Waals surface area (Å²) in [7, 11) is -1.77. The van der Waals surface area contributed by atoms with Crippen molar-refractivity contribution in [3.05, 3.63) is 72.0 Å². The first-order valence-corrected chi connectivity index (χ1v) is 13.2. The van der Waals surface area contributed by atoms with Gasteiger partial charge in [0.2, 0.25) is 10.0 Å². The Morgan fingerprint density at radius 3 is 2.44 bits per heavy atom. The van der Waals surface area contributed by atoms with Crippen LogP contribution in [0.2, 0.25) is 0 Å². The molecule has 1 amide bonds. The van der Waals surface area contributed by atoms with Gasteiger partial charge in [-0.2, -0.15) is 4.31 Å². The summed E-state index contributed by atoms with van der Waals surface area (Å²) in [5.74, 6) is 1.19. The van der Waals surface area contributed by atoms with Crippen molar-refractivity contribution in [3.8, 4) is 11.3 Å². The van der Waals surface area contributed by atoms with Crippen LogP contribution < -0.4 is 0 Å². The quantitative estimate of drug-likeness (QED) is 0.474. The van der Waals surface area contributed by atoms with E-state index in [1.54, 1.807) is 28.4 Å². The topological polar surface area (TPSA) is 83.7 Å². The van der Waals surface area contributed by atoms with Crippen LogP contribution >= 0.6 is 0 Å². The number of hydrogen-bond acceptors (Lipinski definition) is 5. The maximum atomic E-state index is 12.9. The minimum Gasteiger partial charge on any atom is -0.361 e. The van der Waals surface area contributed by atoms with Crippen LogP contribution in [-0.4, -0.2) is 55.4 Å². The number of benzene rings is 2. The summed E-state index contributed by atoms with van der Waals surface area (Å²) in [5, 5.41) is 4.12. The molecule has 2 aromatic carbocycles. The molecule has 2 heterocycles. The first kappa shape index (κ1) is 24.2. The summed E-state index contributed by atoms with van der Waals surface area (Å²) in [6, 6.07) is 18.0. The highest BCUT2D eigenvalue weighted by Gasteiger charge is 2.28. The number of aryl methyl sites for hydroxylation is 1. The van der Waals surface area contributed by atoms with Crippen LogP contribution in [-0.2, 0) is 16.4 Å². The van der Waals surface area contributed by atoms with E-state index >= 15 is 0 Å². The fourth-order valence-corrected chi connectivity index (χ4v) is 5.60. The number of sulfonamides is 1. The van der Waals surface area contributed by atoms with Gasteiger partial charge in [0.1, 0.15) is 11.5 Å². The third-order valence-electron chi connectivity index (χ3n) is 6.37. The SMILES string of the molecule is CC1CCN(S(=O)(=O)c2ccc(C(=O)N(C)CCCc3cc(-c4ccccc4)no3)cc2)CC1. The monoisotopic (exact) mass is 481 g/mol. The molecule has 0 spiro atoms. The number of rotatable bonds is 8. The van der Waals surface area contributed by atoms with E-state index in [-0.39, 0.29) is 10.8 Å². The zero-order valence-electron chi connectivity index (χ0n) is 19.7. The molecule has 0 N–H and O–H groups in total. The molecule has 8 heteroatoms. The zero-order chi connectivity index (χ0) is 24.1. The lowest BCUT2D eigenvalue weighted by atomic mass is 10.0. The van der Waals surface area contributed by atoms with Gasteiger partial charge in [0.25, 0.3) is 5.91 Å². The Hall–Kier alpha value is -2.97. The van der Waals surface area contributed by atoms with Crippen LogP contribution in [0.3, 0.4) is 0 Å². The van der Waals surface area contributed by atoms with Gasteiger partial charge < -0.3 is 9.42 Å². The molecule has 1 aliphatic rings. The smallest absolute Gasteiger partial charge is 0.253 e. The molecule has 4 rings (SSSR count). The number of amides is 1. The predicted octanol–water partition coefficient (Wildman–Crippen LogP) is 4.47. The molecular weight excluding hydrogens is 450 g/mol. The number of piperidine rings is 1. The highest BCUT2D eigenvalue weighted by molar-refractivity contribution is 7.89. The van der Waals surface area contributed by atoms with E-state index in [0.29, 0.717) is 37.5 Å². The van der Waals surface area contributed by atoms with Gasteiger partial charge in [0.15, 0.2) is 0 Å². The first-order valence-electron chi connectivity index (χ1n) is 11.7. The van der Waals surface area contributed by atoms with Gasteiger partial charge in [-0.05, 0) is 49.4 Å². The van der Waals surface area contributed by atoms with E-state index in [1.165, 1.54) is 12.1 Å². The molecule has 0 bridgehead atoms. The van der Waals surface area contributed by atoms with Gasteiger partial charge in [-0.15, -0.1) is 0 Å². The lowest BCUT2D eigenvalue weighted by molar-refractivity contribution is 0.0792. The Morgan fingerprint density at radius 2 is 1.76 bits per heavy atom. The fourth-order valence-electron chi connectivity index (χ4n) is 4.13. The fraction of sp³-hybridized carbons (Fsp3) is 0.385. The van der Waals surface area contributed by atoms with Crippen LogP contribution in [0.15, 0.2) is 70.1 Å². The maximum absolute atomic E-state index is 12.9. The molecule has 0 radical (unpaired) electrons. The van der Waals surface area contributed by atoms with Crippen LogP contribution in [0.5, 0.6) is 0 Å². The normalized spacial score (nSPS) is 15.4. The third-order valence-corrected chi connectivity index (χ3v) is 8.29. The molecule has 180 valence electrons. The standard InChI is InChI=1S/C26H31N3O4S/c1-20-14-17-29(18-15-20)34(31,32)24-12-10-22(11-13-24)26(30)28(2)16-6-9-23-19-25(27-33-23)21-7-4-3-5-8-21/h3-5,7-8,10-13,19-20H,6,9,14-18H2,1-2H3. The average molecular weight is 482 g/mol. The summed E-state index contributed by atoms with van der Waals surface area (Å²) in [6.45, 7) is 3.79. The number of aromatic nitrogens is 1. The molecular formula is C26H31N3O4S. The Balaban J connectivity index is 1.30. The van der Waals surface area contributed by atoms with Crippen LogP contribution in [0.4, 0.5) is 0 Å². The molecule has 0 saturated carbocycles. The van der Waals surface area contributed by atoms with Crippen molar-refractivity contribution < 1.29 is 17.7 Å². The van der Waals surface area contributed by atoms with Crippen molar-refractivity contribution in [2.75, 3.05) is 26.7 Å². The number of hydrogen-bond donors (Lipinski definition) is 0. The molecule has 3 aromatic rings. The molecule has 1 aliphatic heterocycles. The summed E-state index contributed by atoms with van der Waals surface area (Å²) in [5.41, 5.74) is 2.28. The second kappa shape index (κ2) is 10.5. The second-order valence-corrected chi connectivity index (χ2v) is 10.9. The molecule has 1 aromatic heterocycles. The van der Waals surface area contributed by atoms with Gasteiger partial charge in [0, 0.05) is 50.3 Å². The molecule has 1 saturated heterocycles. The van der Waals surface area contributed by atoms with Gasteiger partial charge in [-0.3, -0.25) is 4.79 Å². The van der Waals surface area contributed by atoms with Crippen LogP contribution in [0, 0.1) is 5.92 Å². The minimum atomic E-state index is -3.52. The second-order valence-electron chi connectivity index (χ2n) is 8.99. The Kier molecular flexibility index (Phi) is 7.48. The van der Waals surface area contributed by atoms with E-state index in [2.05, 4.69) is 12.1 Å². The summed E-state index contributed by atoms with van der Waals surface area (Å²) >= 11 is 0. The van der Waals surface area contributed by atoms with Crippen molar-refractivity contribution in [1.82, 2.24) is 14.4 Å². The molecule has 34 heavy (non-hydrogen) atoms.